The van der Waals surface area contributed by atoms with Gasteiger partial charge in [0.05, 0.1) is 6.61 Å². The van der Waals surface area contributed by atoms with Crippen LogP contribution in [0.25, 0.3) is 10.6 Å². The van der Waals surface area contributed by atoms with Crippen LogP contribution in [0.5, 0.6) is 5.75 Å². The number of ether oxygens (including phenoxy) is 1. The summed E-state index contributed by atoms with van der Waals surface area (Å²) in [5.74, 6) is -0.819. The lowest BCUT2D eigenvalue weighted by molar-refractivity contribution is -0.143. The van der Waals surface area contributed by atoms with Crippen LogP contribution < -0.4 is 10.1 Å². The van der Waals surface area contributed by atoms with Crippen molar-refractivity contribution in [1.29, 1.82) is 0 Å². The topological polar surface area (TPSA) is 88.5 Å². The van der Waals surface area contributed by atoms with Gasteiger partial charge < -0.3 is 15.2 Å². The molecule has 2 aromatic rings. The Morgan fingerprint density at radius 3 is 2.54 bits per heavy atom. The van der Waals surface area contributed by atoms with E-state index in [-0.39, 0.29) is 5.69 Å². The maximum atomic E-state index is 12.1. The average molecular weight is 348 g/mol. The van der Waals surface area contributed by atoms with Gasteiger partial charge in [-0.25, -0.2) is 9.78 Å². The molecule has 0 unspecified atom stereocenters. The van der Waals surface area contributed by atoms with Crippen LogP contribution in [0.2, 0.25) is 0 Å². The van der Waals surface area contributed by atoms with Gasteiger partial charge in [0, 0.05) is 10.9 Å². The number of thiazole rings is 1. The molecule has 0 bridgehead atoms. The summed E-state index contributed by atoms with van der Waals surface area (Å²) in [4.78, 5) is 27.5. The molecule has 2 N–H and O–H groups in total. The lowest BCUT2D eigenvalue weighted by Gasteiger charge is -2.20. The van der Waals surface area contributed by atoms with Gasteiger partial charge in [0.1, 0.15) is 22.0 Å². The molecule has 0 fully saturated rings. The van der Waals surface area contributed by atoms with Crippen molar-refractivity contribution >= 4 is 23.2 Å². The van der Waals surface area contributed by atoms with Crippen molar-refractivity contribution in [2.45, 2.75) is 32.7 Å². The van der Waals surface area contributed by atoms with E-state index in [1.807, 2.05) is 31.2 Å². The zero-order chi connectivity index (χ0) is 17.7. The van der Waals surface area contributed by atoms with Crippen molar-refractivity contribution in [1.82, 2.24) is 10.3 Å². The molecule has 0 spiro atoms. The van der Waals surface area contributed by atoms with E-state index in [4.69, 9.17) is 9.84 Å². The third-order valence-corrected chi connectivity index (χ3v) is 4.16. The minimum atomic E-state index is -1.35. The van der Waals surface area contributed by atoms with E-state index in [9.17, 15) is 9.59 Å². The van der Waals surface area contributed by atoms with Crippen LogP contribution in [0.1, 0.15) is 37.7 Å². The molecule has 0 radical (unpaired) electrons. The lowest BCUT2D eigenvalue weighted by Crippen LogP contribution is -2.49. The third kappa shape index (κ3) is 4.32. The van der Waals surface area contributed by atoms with Crippen molar-refractivity contribution in [3.05, 3.63) is 35.3 Å². The predicted molar refractivity (Wildman–Crippen MR) is 92.5 cm³/mol. The Balaban J connectivity index is 2.10. The molecule has 0 saturated carbocycles. The van der Waals surface area contributed by atoms with Gasteiger partial charge in [-0.2, -0.15) is 0 Å². The number of benzene rings is 1. The Morgan fingerprint density at radius 1 is 1.29 bits per heavy atom. The molecule has 1 heterocycles. The first-order valence-corrected chi connectivity index (χ1v) is 8.46. The first-order valence-electron chi connectivity index (χ1n) is 7.58. The second kappa shape index (κ2) is 7.44. The van der Waals surface area contributed by atoms with Crippen LogP contribution in [-0.2, 0) is 4.79 Å². The number of carbonyl (C=O) groups excluding carboxylic acids is 1. The standard InChI is InChI=1S/C17H20N2O4S/c1-4-9-23-12-7-5-11(6-8-12)15-18-13(10-24-15)14(20)19-17(2,3)16(21)22/h5-8,10H,4,9H2,1-3H3,(H,19,20)(H,21,22). The molecule has 24 heavy (non-hydrogen) atoms. The molecule has 0 saturated heterocycles. The summed E-state index contributed by atoms with van der Waals surface area (Å²) in [6.45, 7) is 5.56. The molecule has 0 atom stereocenters. The van der Waals surface area contributed by atoms with Gasteiger partial charge in [0.25, 0.3) is 5.91 Å². The van der Waals surface area contributed by atoms with E-state index in [2.05, 4.69) is 10.3 Å². The van der Waals surface area contributed by atoms with E-state index in [1.54, 1.807) is 5.38 Å². The first kappa shape index (κ1) is 17.9. The van der Waals surface area contributed by atoms with E-state index >= 15 is 0 Å². The molecular weight excluding hydrogens is 328 g/mol. The fourth-order valence-corrected chi connectivity index (χ4v) is 2.63. The van der Waals surface area contributed by atoms with E-state index in [1.165, 1.54) is 25.2 Å². The van der Waals surface area contributed by atoms with Crippen LogP contribution in [-0.4, -0.2) is 34.1 Å². The van der Waals surface area contributed by atoms with Crippen molar-refractivity contribution in [2.24, 2.45) is 0 Å². The summed E-state index contributed by atoms with van der Waals surface area (Å²) < 4.78 is 5.53. The summed E-state index contributed by atoms with van der Waals surface area (Å²) in [5, 5.41) is 13.8. The highest BCUT2D eigenvalue weighted by molar-refractivity contribution is 7.13. The molecule has 7 heteroatoms. The minimum absolute atomic E-state index is 0.204. The highest BCUT2D eigenvalue weighted by atomic mass is 32.1. The van der Waals surface area contributed by atoms with E-state index < -0.39 is 17.4 Å². The highest BCUT2D eigenvalue weighted by Gasteiger charge is 2.30. The number of nitrogens with one attached hydrogen (secondary N) is 1. The fourth-order valence-electron chi connectivity index (χ4n) is 1.83. The molecule has 128 valence electrons. The third-order valence-electron chi connectivity index (χ3n) is 3.27. The molecule has 0 aliphatic heterocycles. The van der Waals surface area contributed by atoms with Crippen molar-refractivity contribution in [2.75, 3.05) is 6.61 Å². The number of rotatable bonds is 7. The maximum absolute atomic E-state index is 12.1. The van der Waals surface area contributed by atoms with Gasteiger partial charge in [0.15, 0.2) is 0 Å². The molecule has 2 rings (SSSR count). The number of carbonyl (C=O) groups is 2. The van der Waals surface area contributed by atoms with Crippen molar-refractivity contribution in [3.8, 4) is 16.3 Å². The van der Waals surface area contributed by atoms with Crippen molar-refractivity contribution < 1.29 is 19.4 Å². The maximum Gasteiger partial charge on any atom is 0.328 e. The van der Waals surface area contributed by atoms with Crippen LogP contribution in [0.4, 0.5) is 0 Å². The van der Waals surface area contributed by atoms with Crippen LogP contribution in [0, 0.1) is 0 Å². The Bertz CT molecular complexity index is 722. The van der Waals surface area contributed by atoms with Crippen molar-refractivity contribution in [3.63, 3.8) is 0 Å². The number of aromatic nitrogens is 1. The summed E-state index contributed by atoms with van der Waals surface area (Å²) in [7, 11) is 0. The molecule has 6 nitrogen and oxygen atoms in total. The smallest absolute Gasteiger partial charge is 0.328 e. The quantitative estimate of drug-likeness (QED) is 0.802. The Kier molecular flexibility index (Phi) is 5.56. The number of aliphatic carboxylic acids is 1. The molecule has 1 amide bonds. The van der Waals surface area contributed by atoms with Gasteiger partial charge in [-0.15, -0.1) is 11.3 Å². The lowest BCUT2D eigenvalue weighted by atomic mass is 10.1. The second-order valence-electron chi connectivity index (χ2n) is 5.80. The van der Waals surface area contributed by atoms with Gasteiger partial charge >= 0.3 is 5.97 Å². The van der Waals surface area contributed by atoms with Gasteiger partial charge in [-0.05, 0) is 44.5 Å². The van der Waals surface area contributed by atoms with Gasteiger partial charge in [-0.3, -0.25) is 4.79 Å². The van der Waals surface area contributed by atoms with Crippen LogP contribution in [0.3, 0.4) is 0 Å². The number of hydrogen-bond donors (Lipinski definition) is 2. The zero-order valence-corrected chi connectivity index (χ0v) is 14.6. The Hall–Kier alpha value is -2.41. The molecule has 0 aliphatic carbocycles. The Labute approximate surface area is 144 Å². The number of carboxylic acid groups (broad SMARTS) is 1. The van der Waals surface area contributed by atoms with E-state index in [0.717, 1.165) is 17.7 Å². The van der Waals surface area contributed by atoms with Gasteiger partial charge in [0.2, 0.25) is 0 Å². The molecule has 0 aliphatic rings. The molecular formula is C17H20N2O4S. The second-order valence-corrected chi connectivity index (χ2v) is 6.65. The fraction of sp³-hybridized carbons (Fsp3) is 0.353. The normalized spacial score (nSPS) is 11.1. The predicted octanol–water partition coefficient (Wildman–Crippen LogP) is 3.19. The summed E-state index contributed by atoms with van der Waals surface area (Å²) in [6, 6.07) is 7.48. The number of carboxylic acids is 1. The number of amides is 1. The highest BCUT2D eigenvalue weighted by Crippen LogP contribution is 2.26. The monoisotopic (exact) mass is 348 g/mol. The average Bonchev–Trinajstić information content (AvgIpc) is 3.03. The summed E-state index contributed by atoms with van der Waals surface area (Å²) in [5.41, 5.74) is -0.268. The largest absolute Gasteiger partial charge is 0.494 e. The Morgan fingerprint density at radius 2 is 1.96 bits per heavy atom. The number of hydrogen-bond acceptors (Lipinski definition) is 5. The summed E-state index contributed by atoms with van der Waals surface area (Å²) in [6.07, 6.45) is 0.944. The molecule has 1 aromatic heterocycles. The summed E-state index contributed by atoms with van der Waals surface area (Å²) >= 11 is 1.33. The minimum Gasteiger partial charge on any atom is -0.494 e. The van der Waals surface area contributed by atoms with E-state index in [0.29, 0.717) is 11.6 Å². The van der Waals surface area contributed by atoms with Crippen LogP contribution in [0.15, 0.2) is 29.6 Å². The molecule has 1 aromatic carbocycles. The zero-order valence-electron chi connectivity index (χ0n) is 13.8. The van der Waals surface area contributed by atoms with Crippen LogP contribution >= 0.6 is 11.3 Å². The SMILES string of the molecule is CCCOc1ccc(-c2nc(C(=O)NC(C)(C)C(=O)O)cs2)cc1. The number of nitrogens with zero attached hydrogens (tertiary/aromatic N) is 1. The first-order chi connectivity index (χ1) is 11.3. The van der Waals surface area contributed by atoms with Gasteiger partial charge in [-0.1, -0.05) is 6.92 Å².